The quantitative estimate of drug-likeness (QED) is 0.865. The van der Waals surface area contributed by atoms with E-state index in [2.05, 4.69) is 0 Å². The largest absolute Gasteiger partial charge is 0.386 e. The molecule has 1 aromatic carbocycles. The van der Waals surface area contributed by atoms with Crippen LogP contribution in [0.4, 0.5) is 0 Å². The smallest absolute Gasteiger partial charge is 0.165 e. The number of ether oxygens (including phenoxy) is 2. The zero-order valence-electron chi connectivity index (χ0n) is 12.3. The summed E-state index contributed by atoms with van der Waals surface area (Å²) in [6.07, 6.45) is 6.19. The van der Waals surface area contributed by atoms with Gasteiger partial charge in [-0.05, 0) is 32.3 Å². The van der Waals surface area contributed by atoms with E-state index in [1.807, 2.05) is 56.3 Å². The molecule has 1 saturated heterocycles. The van der Waals surface area contributed by atoms with E-state index in [1.165, 1.54) is 0 Å². The molecule has 1 unspecified atom stereocenters. The molecule has 0 saturated carbocycles. The van der Waals surface area contributed by atoms with E-state index < -0.39 is 11.4 Å². The van der Waals surface area contributed by atoms with Crippen molar-refractivity contribution < 1.29 is 14.6 Å². The summed E-state index contributed by atoms with van der Waals surface area (Å²) in [5.41, 5.74) is 0.298. The summed E-state index contributed by atoms with van der Waals surface area (Å²) in [5.74, 6) is -0.459. The summed E-state index contributed by atoms with van der Waals surface area (Å²) in [4.78, 5) is 0. The highest BCUT2D eigenvalue weighted by Crippen LogP contribution is 2.27. The minimum atomic E-state index is -0.801. The maximum atomic E-state index is 10.4. The lowest BCUT2D eigenvalue weighted by molar-refractivity contribution is -0.148. The van der Waals surface area contributed by atoms with Gasteiger partial charge in [-0.1, -0.05) is 42.5 Å². The van der Waals surface area contributed by atoms with Gasteiger partial charge in [-0.2, -0.15) is 0 Å². The van der Waals surface area contributed by atoms with Crippen LogP contribution in [-0.4, -0.2) is 29.7 Å². The number of aliphatic hydroxyl groups is 1. The lowest BCUT2D eigenvalue weighted by atomic mass is 9.96. The van der Waals surface area contributed by atoms with Crippen LogP contribution in [0.2, 0.25) is 0 Å². The molecule has 0 amide bonds. The monoisotopic (exact) mass is 276 g/mol. The highest BCUT2D eigenvalue weighted by molar-refractivity contribution is 5.49. The second kappa shape index (κ2) is 6.53. The summed E-state index contributed by atoms with van der Waals surface area (Å²) < 4.78 is 11.1. The highest BCUT2D eigenvalue weighted by atomic mass is 16.7. The van der Waals surface area contributed by atoms with Gasteiger partial charge >= 0.3 is 0 Å². The van der Waals surface area contributed by atoms with E-state index in [1.54, 1.807) is 0 Å². The summed E-state index contributed by atoms with van der Waals surface area (Å²) in [7, 11) is 0. The first-order chi connectivity index (χ1) is 9.49. The van der Waals surface area contributed by atoms with Gasteiger partial charge in [0.15, 0.2) is 5.79 Å². The van der Waals surface area contributed by atoms with Crippen LogP contribution in [0.25, 0.3) is 6.08 Å². The van der Waals surface area contributed by atoms with Crippen LogP contribution in [0.15, 0.2) is 36.4 Å². The number of hydrogen-bond acceptors (Lipinski definition) is 3. The van der Waals surface area contributed by atoms with E-state index >= 15 is 0 Å². The molecule has 2 rings (SSSR count). The molecule has 1 N–H and O–H groups in total. The maximum Gasteiger partial charge on any atom is 0.165 e. The van der Waals surface area contributed by atoms with Crippen LogP contribution in [0.1, 0.15) is 38.7 Å². The van der Waals surface area contributed by atoms with Crippen LogP contribution in [0, 0.1) is 0 Å². The molecule has 20 heavy (non-hydrogen) atoms. The lowest BCUT2D eigenvalue weighted by Gasteiger charge is -2.25. The van der Waals surface area contributed by atoms with Crippen molar-refractivity contribution in [2.45, 2.75) is 44.5 Å². The first-order valence-corrected chi connectivity index (χ1v) is 7.24. The van der Waals surface area contributed by atoms with Crippen LogP contribution < -0.4 is 0 Å². The SMILES string of the molecule is CC(O)(/C=C/c1ccccc1)CCCC1(C)OCCO1. The standard InChI is InChI=1S/C17H24O3/c1-16(18,12-9-15-7-4-3-5-8-15)10-6-11-17(2)19-13-14-20-17/h3-5,7-9,12,18H,6,10-11,13-14H2,1-2H3/b12-9+. The lowest BCUT2D eigenvalue weighted by Crippen LogP contribution is -2.27. The maximum absolute atomic E-state index is 10.4. The summed E-state index contributed by atoms with van der Waals surface area (Å²) in [6.45, 7) is 5.14. The van der Waals surface area contributed by atoms with Crippen LogP contribution in [0.5, 0.6) is 0 Å². The van der Waals surface area contributed by atoms with Gasteiger partial charge in [0.05, 0.1) is 18.8 Å². The second-order valence-electron chi connectivity index (χ2n) is 5.79. The van der Waals surface area contributed by atoms with Crippen LogP contribution in [0.3, 0.4) is 0 Å². The van der Waals surface area contributed by atoms with Gasteiger partial charge in [0.25, 0.3) is 0 Å². The number of rotatable bonds is 6. The molecule has 3 heteroatoms. The molecule has 1 aromatic rings. The van der Waals surface area contributed by atoms with Crippen molar-refractivity contribution in [3.05, 3.63) is 42.0 Å². The van der Waals surface area contributed by atoms with Crippen molar-refractivity contribution >= 4 is 6.08 Å². The molecule has 0 aliphatic carbocycles. The molecule has 1 aliphatic rings. The van der Waals surface area contributed by atoms with E-state index in [0.29, 0.717) is 19.6 Å². The highest BCUT2D eigenvalue weighted by Gasteiger charge is 2.31. The van der Waals surface area contributed by atoms with Gasteiger partial charge in [-0.15, -0.1) is 0 Å². The first-order valence-electron chi connectivity index (χ1n) is 7.24. The van der Waals surface area contributed by atoms with Crippen molar-refractivity contribution in [3.8, 4) is 0 Å². The minimum Gasteiger partial charge on any atom is -0.386 e. The minimum absolute atomic E-state index is 0.459. The molecule has 0 bridgehead atoms. The Labute approximate surface area is 121 Å². The average Bonchev–Trinajstić information content (AvgIpc) is 2.85. The molecule has 1 fully saturated rings. The number of hydrogen-bond donors (Lipinski definition) is 1. The molecular formula is C17H24O3. The van der Waals surface area contributed by atoms with Gasteiger partial charge in [-0.25, -0.2) is 0 Å². The van der Waals surface area contributed by atoms with E-state index in [9.17, 15) is 5.11 Å². The van der Waals surface area contributed by atoms with Gasteiger partial charge in [-0.3, -0.25) is 0 Å². The van der Waals surface area contributed by atoms with Gasteiger partial charge in [0.1, 0.15) is 0 Å². The Balaban J connectivity index is 1.80. The third kappa shape index (κ3) is 4.75. The Kier molecular flexibility index (Phi) is 4.97. The molecule has 0 spiro atoms. The second-order valence-corrected chi connectivity index (χ2v) is 5.79. The molecule has 0 aromatic heterocycles. The molecule has 0 radical (unpaired) electrons. The Morgan fingerprint density at radius 1 is 1.25 bits per heavy atom. The number of benzene rings is 1. The molecule has 1 atom stereocenters. The predicted molar refractivity (Wildman–Crippen MR) is 80.3 cm³/mol. The molecular weight excluding hydrogens is 252 g/mol. The molecule has 1 aliphatic heterocycles. The van der Waals surface area contributed by atoms with Crippen LogP contribution in [-0.2, 0) is 9.47 Å². The zero-order chi connectivity index (χ0) is 14.5. The van der Waals surface area contributed by atoms with Gasteiger partial charge < -0.3 is 14.6 Å². The normalized spacial score (nSPS) is 21.1. The van der Waals surface area contributed by atoms with Crippen molar-refractivity contribution in [1.82, 2.24) is 0 Å². The Bertz CT molecular complexity index is 431. The fourth-order valence-corrected chi connectivity index (χ4v) is 2.39. The fraction of sp³-hybridized carbons (Fsp3) is 0.529. The zero-order valence-corrected chi connectivity index (χ0v) is 12.3. The van der Waals surface area contributed by atoms with Crippen molar-refractivity contribution in [2.75, 3.05) is 13.2 Å². The fourth-order valence-electron chi connectivity index (χ4n) is 2.39. The summed E-state index contributed by atoms with van der Waals surface area (Å²) in [5, 5.41) is 10.4. The Morgan fingerprint density at radius 2 is 1.90 bits per heavy atom. The summed E-state index contributed by atoms with van der Waals surface area (Å²) in [6, 6.07) is 10.0. The van der Waals surface area contributed by atoms with Crippen molar-refractivity contribution in [3.63, 3.8) is 0 Å². The average molecular weight is 276 g/mol. The van der Waals surface area contributed by atoms with E-state index in [4.69, 9.17) is 9.47 Å². The van der Waals surface area contributed by atoms with Crippen LogP contribution >= 0.6 is 0 Å². The van der Waals surface area contributed by atoms with E-state index in [-0.39, 0.29) is 0 Å². The van der Waals surface area contributed by atoms with Gasteiger partial charge in [0.2, 0.25) is 0 Å². The first kappa shape index (κ1) is 15.2. The molecule has 3 nitrogen and oxygen atoms in total. The summed E-state index contributed by atoms with van der Waals surface area (Å²) >= 11 is 0. The predicted octanol–water partition coefficient (Wildman–Crippen LogP) is 3.38. The Hall–Kier alpha value is -1.16. The third-order valence-electron chi connectivity index (χ3n) is 3.65. The molecule has 110 valence electrons. The molecule has 1 heterocycles. The van der Waals surface area contributed by atoms with Crippen molar-refractivity contribution in [1.29, 1.82) is 0 Å². The van der Waals surface area contributed by atoms with E-state index in [0.717, 1.165) is 18.4 Å². The van der Waals surface area contributed by atoms with Crippen molar-refractivity contribution in [2.24, 2.45) is 0 Å². The topological polar surface area (TPSA) is 38.7 Å². The van der Waals surface area contributed by atoms with Gasteiger partial charge in [0, 0.05) is 6.42 Å². The Morgan fingerprint density at radius 3 is 2.55 bits per heavy atom. The third-order valence-corrected chi connectivity index (χ3v) is 3.65.